The fourth-order valence-electron chi connectivity index (χ4n) is 1.94. The van der Waals surface area contributed by atoms with Crippen molar-refractivity contribution in [1.29, 1.82) is 0 Å². The number of nitrogens with one attached hydrogen (secondary N) is 1. The highest BCUT2D eigenvalue weighted by Crippen LogP contribution is 2.27. The quantitative estimate of drug-likeness (QED) is 0.596. The summed E-state index contributed by atoms with van der Waals surface area (Å²) in [7, 11) is 1.68. The van der Waals surface area contributed by atoms with E-state index in [-0.39, 0.29) is 6.04 Å². The molecule has 2 aromatic rings. The van der Waals surface area contributed by atoms with Crippen LogP contribution < -0.4 is 11.3 Å². The Balaban J connectivity index is 2.19. The van der Waals surface area contributed by atoms with Crippen LogP contribution in [-0.2, 0) is 17.7 Å². The number of hydrazine groups is 1. The fourth-order valence-corrected chi connectivity index (χ4v) is 3.26. The third kappa shape index (κ3) is 3.64. The maximum Gasteiger partial charge on any atom is 0.0713 e. The molecule has 0 radical (unpaired) electrons. The van der Waals surface area contributed by atoms with Crippen LogP contribution in [0, 0.1) is 0 Å². The van der Waals surface area contributed by atoms with Crippen molar-refractivity contribution < 1.29 is 4.74 Å². The van der Waals surface area contributed by atoms with Crippen LogP contribution in [0.5, 0.6) is 0 Å². The Morgan fingerprint density at radius 2 is 2.47 bits per heavy atom. The minimum atomic E-state index is 0.0207. The lowest BCUT2D eigenvalue weighted by atomic mass is 10.1. The van der Waals surface area contributed by atoms with Crippen LogP contribution in [0.2, 0.25) is 0 Å². The van der Waals surface area contributed by atoms with E-state index in [0.29, 0.717) is 13.2 Å². The molecule has 2 aromatic heterocycles. The highest BCUT2D eigenvalue weighted by Gasteiger charge is 2.19. The zero-order chi connectivity index (χ0) is 13.7. The van der Waals surface area contributed by atoms with Gasteiger partial charge in [0.2, 0.25) is 0 Å². The van der Waals surface area contributed by atoms with Gasteiger partial charge in [-0.2, -0.15) is 5.10 Å². The largest absolute Gasteiger partial charge is 0.383 e. The molecule has 0 amide bonds. The van der Waals surface area contributed by atoms with E-state index >= 15 is 0 Å². The predicted molar refractivity (Wildman–Crippen MR) is 79.9 cm³/mol. The Morgan fingerprint density at radius 3 is 3.11 bits per heavy atom. The highest BCUT2D eigenvalue weighted by atomic mass is 79.9. The summed E-state index contributed by atoms with van der Waals surface area (Å²) in [5.74, 6) is 5.71. The van der Waals surface area contributed by atoms with E-state index in [1.165, 1.54) is 4.88 Å². The van der Waals surface area contributed by atoms with Gasteiger partial charge in [-0.05, 0) is 27.4 Å². The van der Waals surface area contributed by atoms with Gasteiger partial charge in [-0.15, -0.1) is 11.3 Å². The van der Waals surface area contributed by atoms with E-state index in [1.807, 2.05) is 10.7 Å². The van der Waals surface area contributed by atoms with E-state index in [0.717, 1.165) is 16.6 Å². The molecule has 0 aliphatic rings. The smallest absolute Gasteiger partial charge is 0.0713 e. The summed E-state index contributed by atoms with van der Waals surface area (Å²) in [6.07, 6.45) is 2.63. The van der Waals surface area contributed by atoms with Crippen molar-refractivity contribution in [2.45, 2.75) is 19.0 Å². The van der Waals surface area contributed by atoms with Crippen molar-refractivity contribution in [2.75, 3.05) is 13.7 Å². The normalized spacial score (nSPS) is 12.8. The molecule has 104 valence electrons. The van der Waals surface area contributed by atoms with E-state index in [2.05, 4.69) is 37.9 Å². The number of rotatable bonds is 7. The van der Waals surface area contributed by atoms with Gasteiger partial charge in [0.15, 0.2) is 0 Å². The number of halogens is 1. The highest BCUT2D eigenvalue weighted by molar-refractivity contribution is 9.10. The molecule has 0 aromatic carbocycles. The SMILES string of the molecule is COCCn1ncc(Br)c1C(Cc1cccs1)NN. The molecule has 3 N–H and O–H groups in total. The Bertz CT molecular complexity index is 500. The van der Waals surface area contributed by atoms with Crippen molar-refractivity contribution in [3.63, 3.8) is 0 Å². The molecule has 7 heteroatoms. The molecule has 0 fully saturated rings. The first kappa shape index (κ1) is 14.7. The van der Waals surface area contributed by atoms with Crippen LogP contribution in [0.15, 0.2) is 28.2 Å². The zero-order valence-corrected chi connectivity index (χ0v) is 13.1. The third-order valence-electron chi connectivity index (χ3n) is 2.86. The molecule has 0 bridgehead atoms. The summed E-state index contributed by atoms with van der Waals surface area (Å²) in [4.78, 5) is 1.29. The number of hydrogen-bond acceptors (Lipinski definition) is 5. The second kappa shape index (κ2) is 7.16. The van der Waals surface area contributed by atoms with Gasteiger partial charge in [0.25, 0.3) is 0 Å². The molecular weight excluding hydrogens is 328 g/mol. The van der Waals surface area contributed by atoms with E-state index in [1.54, 1.807) is 24.6 Å². The molecule has 2 heterocycles. The lowest BCUT2D eigenvalue weighted by molar-refractivity contribution is 0.181. The molecule has 19 heavy (non-hydrogen) atoms. The molecule has 1 atom stereocenters. The molecule has 2 rings (SSSR count). The summed E-state index contributed by atoms with van der Waals surface area (Å²) in [5, 5.41) is 6.42. The molecule has 0 saturated heterocycles. The fraction of sp³-hybridized carbons (Fsp3) is 0.417. The van der Waals surface area contributed by atoms with Crippen molar-refractivity contribution in [1.82, 2.24) is 15.2 Å². The van der Waals surface area contributed by atoms with Gasteiger partial charge >= 0.3 is 0 Å². The Kier molecular flexibility index (Phi) is 5.53. The van der Waals surface area contributed by atoms with Gasteiger partial charge in [-0.3, -0.25) is 16.0 Å². The monoisotopic (exact) mass is 344 g/mol. The van der Waals surface area contributed by atoms with Crippen LogP contribution in [0.4, 0.5) is 0 Å². The minimum absolute atomic E-state index is 0.0207. The molecule has 0 spiro atoms. The molecule has 0 aliphatic heterocycles. The predicted octanol–water partition coefficient (Wildman–Crippen LogP) is 2.10. The maximum atomic E-state index is 5.71. The summed E-state index contributed by atoms with van der Waals surface area (Å²) in [6.45, 7) is 1.33. The maximum absolute atomic E-state index is 5.71. The lowest BCUT2D eigenvalue weighted by Crippen LogP contribution is -2.31. The molecule has 1 unspecified atom stereocenters. The van der Waals surface area contributed by atoms with E-state index < -0.39 is 0 Å². The number of thiophene rings is 1. The van der Waals surface area contributed by atoms with Gasteiger partial charge in [0, 0.05) is 18.4 Å². The molecule has 5 nitrogen and oxygen atoms in total. The van der Waals surface area contributed by atoms with Crippen LogP contribution in [0.25, 0.3) is 0 Å². The molecular formula is C12H17BrN4OS. The third-order valence-corrected chi connectivity index (χ3v) is 4.37. The van der Waals surface area contributed by atoms with Gasteiger partial charge < -0.3 is 4.74 Å². The van der Waals surface area contributed by atoms with Crippen LogP contribution >= 0.6 is 27.3 Å². The molecule has 0 aliphatic carbocycles. The van der Waals surface area contributed by atoms with E-state index in [9.17, 15) is 0 Å². The summed E-state index contributed by atoms with van der Waals surface area (Å²) >= 11 is 5.27. The first-order chi connectivity index (χ1) is 9.26. The summed E-state index contributed by atoms with van der Waals surface area (Å²) < 4.78 is 7.99. The Labute approximate surface area is 124 Å². The number of ether oxygens (including phenoxy) is 1. The topological polar surface area (TPSA) is 65.1 Å². The standard InChI is InChI=1S/C12H17BrN4OS/c1-18-5-4-17-12(10(13)8-15-17)11(16-14)7-9-3-2-6-19-9/h2-3,6,8,11,16H,4-5,7,14H2,1H3. The number of methoxy groups -OCH3 is 1. The number of aromatic nitrogens is 2. The second-order valence-electron chi connectivity index (χ2n) is 4.10. The van der Waals surface area contributed by atoms with Crippen molar-refractivity contribution >= 4 is 27.3 Å². The lowest BCUT2D eigenvalue weighted by Gasteiger charge is -2.18. The van der Waals surface area contributed by atoms with Gasteiger partial charge in [0.05, 0.1) is 35.6 Å². The first-order valence-electron chi connectivity index (χ1n) is 5.95. The van der Waals surface area contributed by atoms with E-state index in [4.69, 9.17) is 10.6 Å². The number of nitrogens with two attached hydrogens (primary N) is 1. The van der Waals surface area contributed by atoms with Crippen LogP contribution in [-0.4, -0.2) is 23.5 Å². The van der Waals surface area contributed by atoms with Crippen LogP contribution in [0.1, 0.15) is 16.6 Å². The zero-order valence-electron chi connectivity index (χ0n) is 10.7. The molecule has 0 saturated carbocycles. The second-order valence-corrected chi connectivity index (χ2v) is 5.98. The summed E-state index contributed by atoms with van der Waals surface area (Å²) in [5.41, 5.74) is 3.92. The van der Waals surface area contributed by atoms with Gasteiger partial charge in [-0.1, -0.05) is 6.07 Å². The first-order valence-corrected chi connectivity index (χ1v) is 7.62. The summed E-state index contributed by atoms with van der Waals surface area (Å²) in [6, 6.07) is 4.18. The Morgan fingerprint density at radius 1 is 1.63 bits per heavy atom. The minimum Gasteiger partial charge on any atom is -0.383 e. The van der Waals surface area contributed by atoms with Crippen molar-refractivity contribution in [3.8, 4) is 0 Å². The van der Waals surface area contributed by atoms with Gasteiger partial charge in [0.1, 0.15) is 0 Å². The number of nitrogens with zero attached hydrogens (tertiary/aromatic N) is 2. The van der Waals surface area contributed by atoms with Crippen molar-refractivity contribution in [2.24, 2.45) is 5.84 Å². The van der Waals surface area contributed by atoms with Crippen molar-refractivity contribution in [3.05, 3.63) is 38.8 Å². The average Bonchev–Trinajstić information content (AvgIpc) is 3.04. The number of hydrogen-bond donors (Lipinski definition) is 2. The van der Waals surface area contributed by atoms with Gasteiger partial charge in [-0.25, -0.2) is 0 Å². The van der Waals surface area contributed by atoms with Crippen LogP contribution in [0.3, 0.4) is 0 Å². The Hall–Kier alpha value is -0.730. The average molecular weight is 345 g/mol.